The zero-order chi connectivity index (χ0) is 14.5. The van der Waals surface area contributed by atoms with Crippen molar-refractivity contribution in [2.24, 2.45) is 0 Å². The Morgan fingerprint density at radius 1 is 0.952 bits per heavy atom. The number of carbonyl (C=O) groups excluding carboxylic acids is 1. The number of rotatable bonds is 4. The van der Waals surface area contributed by atoms with E-state index in [-0.39, 0.29) is 0 Å². The number of nitrogens with zero attached hydrogens (tertiary/aromatic N) is 1. The lowest BCUT2D eigenvalue weighted by Gasteiger charge is -2.34. The van der Waals surface area contributed by atoms with E-state index in [1.807, 2.05) is 24.3 Å². The summed E-state index contributed by atoms with van der Waals surface area (Å²) in [6.45, 7) is 5.33. The van der Waals surface area contributed by atoms with Crippen LogP contribution in [0.4, 0.5) is 5.69 Å². The number of quaternary nitrogens is 1. The van der Waals surface area contributed by atoms with Crippen LogP contribution in [0.5, 0.6) is 0 Å². The number of nitrogens with one attached hydrogen (secondary N) is 1. The first-order valence-corrected chi connectivity index (χ1v) is 7.53. The first kappa shape index (κ1) is 13.8. The summed E-state index contributed by atoms with van der Waals surface area (Å²) >= 11 is 0. The van der Waals surface area contributed by atoms with E-state index in [0.29, 0.717) is 0 Å². The lowest BCUT2D eigenvalue weighted by atomic mass is 10.1. The maximum atomic E-state index is 11.1. The van der Waals surface area contributed by atoms with Gasteiger partial charge >= 0.3 is 0 Å². The van der Waals surface area contributed by atoms with Crippen molar-refractivity contribution < 1.29 is 9.69 Å². The van der Waals surface area contributed by atoms with E-state index in [2.05, 4.69) is 35.2 Å². The van der Waals surface area contributed by atoms with Gasteiger partial charge in [-0.05, 0) is 12.1 Å². The summed E-state index contributed by atoms with van der Waals surface area (Å²) in [5.74, 6) is 0. The molecule has 0 spiro atoms. The molecule has 2 aromatic rings. The SMILES string of the molecule is O=Cc1ccccc1N1CC[NH+](Cc2ccccc2)CC1. The van der Waals surface area contributed by atoms with E-state index in [9.17, 15) is 4.79 Å². The van der Waals surface area contributed by atoms with E-state index in [1.54, 1.807) is 4.90 Å². The first-order chi connectivity index (χ1) is 10.4. The van der Waals surface area contributed by atoms with E-state index in [0.717, 1.165) is 50.3 Å². The lowest BCUT2D eigenvalue weighted by Crippen LogP contribution is -3.13. The number of anilines is 1. The predicted octanol–water partition coefficient (Wildman–Crippen LogP) is 1.40. The molecule has 1 aliphatic rings. The van der Waals surface area contributed by atoms with Crippen LogP contribution in [0.15, 0.2) is 54.6 Å². The zero-order valence-electron chi connectivity index (χ0n) is 12.2. The topological polar surface area (TPSA) is 24.8 Å². The van der Waals surface area contributed by atoms with Gasteiger partial charge in [-0.15, -0.1) is 0 Å². The van der Waals surface area contributed by atoms with E-state index in [4.69, 9.17) is 0 Å². The van der Waals surface area contributed by atoms with E-state index >= 15 is 0 Å². The van der Waals surface area contributed by atoms with Gasteiger partial charge in [-0.1, -0.05) is 42.5 Å². The van der Waals surface area contributed by atoms with Gasteiger partial charge in [0, 0.05) is 16.8 Å². The number of aldehydes is 1. The summed E-state index contributed by atoms with van der Waals surface area (Å²) < 4.78 is 0. The van der Waals surface area contributed by atoms with Crippen molar-refractivity contribution in [2.45, 2.75) is 6.54 Å². The average Bonchev–Trinajstić information content (AvgIpc) is 2.56. The Labute approximate surface area is 125 Å². The first-order valence-electron chi connectivity index (χ1n) is 7.53. The zero-order valence-corrected chi connectivity index (χ0v) is 12.2. The molecule has 1 N–H and O–H groups in total. The minimum Gasteiger partial charge on any atom is -0.360 e. The van der Waals surface area contributed by atoms with Crippen molar-refractivity contribution in [3.8, 4) is 0 Å². The Balaban J connectivity index is 1.61. The standard InChI is InChI=1S/C18H20N2O/c21-15-17-8-4-5-9-18(17)20-12-10-19(11-13-20)14-16-6-2-1-3-7-16/h1-9,15H,10-14H2/p+1. The second-order valence-corrected chi connectivity index (χ2v) is 5.58. The van der Waals surface area contributed by atoms with Crippen LogP contribution < -0.4 is 9.80 Å². The van der Waals surface area contributed by atoms with Crippen LogP contribution in [0.1, 0.15) is 15.9 Å². The van der Waals surface area contributed by atoms with Crippen molar-refractivity contribution in [2.75, 3.05) is 31.1 Å². The van der Waals surface area contributed by atoms with Gasteiger partial charge in [0.15, 0.2) is 6.29 Å². The van der Waals surface area contributed by atoms with Gasteiger partial charge < -0.3 is 9.80 Å². The number of carbonyl (C=O) groups is 1. The monoisotopic (exact) mass is 281 g/mol. The molecule has 1 heterocycles. The molecule has 1 saturated heterocycles. The predicted molar refractivity (Wildman–Crippen MR) is 84.9 cm³/mol. The van der Waals surface area contributed by atoms with Crippen molar-refractivity contribution in [3.05, 3.63) is 65.7 Å². The number of hydrogen-bond donors (Lipinski definition) is 1. The molecule has 1 aliphatic heterocycles. The molecular formula is C18H21N2O+. The van der Waals surface area contributed by atoms with Crippen molar-refractivity contribution in [1.82, 2.24) is 0 Å². The van der Waals surface area contributed by atoms with E-state index in [1.165, 1.54) is 5.56 Å². The Morgan fingerprint density at radius 2 is 1.62 bits per heavy atom. The summed E-state index contributed by atoms with van der Waals surface area (Å²) in [5, 5.41) is 0. The fourth-order valence-electron chi connectivity index (χ4n) is 3.00. The molecule has 0 atom stereocenters. The summed E-state index contributed by atoms with van der Waals surface area (Å²) in [5.41, 5.74) is 3.27. The second kappa shape index (κ2) is 6.55. The molecular weight excluding hydrogens is 260 g/mol. The van der Waals surface area contributed by atoms with Crippen LogP contribution >= 0.6 is 0 Å². The van der Waals surface area contributed by atoms with Gasteiger partial charge in [0.25, 0.3) is 0 Å². The molecule has 108 valence electrons. The number of para-hydroxylation sites is 1. The molecule has 21 heavy (non-hydrogen) atoms. The van der Waals surface area contributed by atoms with E-state index < -0.39 is 0 Å². The molecule has 2 aromatic carbocycles. The molecule has 0 bridgehead atoms. The molecule has 0 amide bonds. The van der Waals surface area contributed by atoms with Crippen LogP contribution in [0, 0.1) is 0 Å². The Bertz CT molecular complexity index is 589. The van der Waals surface area contributed by atoms with Crippen LogP contribution in [-0.2, 0) is 6.54 Å². The molecule has 1 fully saturated rings. The third-order valence-electron chi connectivity index (χ3n) is 4.17. The molecule has 3 heteroatoms. The lowest BCUT2D eigenvalue weighted by molar-refractivity contribution is -0.914. The third-order valence-corrected chi connectivity index (χ3v) is 4.17. The van der Waals surface area contributed by atoms with Crippen LogP contribution in [0.3, 0.4) is 0 Å². The average molecular weight is 281 g/mol. The summed E-state index contributed by atoms with van der Waals surface area (Å²) in [7, 11) is 0. The highest BCUT2D eigenvalue weighted by Gasteiger charge is 2.21. The fourth-order valence-corrected chi connectivity index (χ4v) is 3.00. The smallest absolute Gasteiger partial charge is 0.152 e. The molecule has 0 aliphatic carbocycles. The maximum absolute atomic E-state index is 11.1. The van der Waals surface area contributed by atoms with Crippen molar-refractivity contribution >= 4 is 12.0 Å². The van der Waals surface area contributed by atoms with Gasteiger partial charge in [0.05, 0.1) is 26.2 Å². The fraction of sp³-hybridized carbons (Fsp3) is 0.278. The van der Waals surface area contributed by atoms with Crippen LogP contribution in [0.2, 0.25) is 0 Å². The van der Waals surface area contributed by atoms with Crippen molar-refractivity contribution in [3.63, 3.8) is 0 Å². The highest BCUT2D eigenvalue weighted by molar-refractivity contribution is 5.84. The molecule has 0 aromatic heterocycles. The van der Waals surface area contributed by atoms with Crippen LogP contribution in [0.25, 0.3) is 0 Å². The summed E-state index contributed by atoms with van der Waals surface area (Å²) in [4.78, 5) is 15.1. The number of benzene rings is 2. The molecule has 3 nitrogen and oxygen atoms in total. The highest BCUT2D eigenvalue weighted by atomic mass is 16.1. The Kier molecular flexibility index (Phi) is 4.31. The van der Waals surface area contributed by atoms with Gasteiger partial charge in [-0.2, -0.15) is 0 Å². The number of hydrogen-bond acceptors (Lipinski definition) is 2. The molecule has 0 unspecified atom stereocenters. The minimum absolute atomic E-state index is 0.795. The molecule has 3 rings (SSSR count). The van der Waals surface area contributed by atoms with Crippen LogP contribution in [-0.4, -0.2) is 32.5 Å². The van der Waals surface area contributed by atoms with Gasteiger partial charge in [-0.3, -0.25) is 4.79 Å². The van der Waals surface area contributed by atoms with Gasteiger partial charge in [0.2, 0.25) is 0 Å². The summed E-state index contributed by atoms with van der Waals surface area (Å²) in [6.07, 6.45) is 0.957. The van der Waals surface area contributed by atoms with Gasteiger partial charge in [-0.25, -0.2) is 0 Å². The quantitative estimate of drug-likeness (QED) is 0.857. The minimum atomic E-state index is 0.795. The molecule has 0 radical (unpaired) electrons. The summed E-state index contributed by atoms with van der Waals surface area (Å²) in [6, 6.07) is 18.5. The van der Waals surface area contributed by atoms with Crippen molar-refractivity contribution in [1.29, 1.82) is 0 Å². The Morgan fingerprint density at radius 3 is 2.33 bits per heavy atom. The molecule has 0 saturated carbocycles. The third kappa shape index (κ3) is 3.31. The largest absolute Gasteiger partial charge is 0.360 e. The Hall–Kier alpha value is -2.13. The maximum Gasteiger partial charge on any atom is 0.152 e. The number of piperazine rings is 1. The highest BCUT2D eigenvalue weighted by Crippen LogP contribution is 2.18. The normalized spacial score (nSPS) is 15.9. The van der Waals surface area contributed by atoms with Gasteiger partial charge in [0.1, 0.15) is 6.54 Å². The second-order valence-electron chi connectivity index (χ2n) is 5.58.